The Morgan fingerprint density at radius 3 is 2.75 bits per heavy atom. The number of nitrogens with zero attached hydrogens (tertiary/aromatic N) is 3. The monoisotopic (exact) mass is 329 g/mol. The van der Waals surface area contributed by atoms with Crippen LogP contribution in [0.5, 0.6) is 5.75 Å². The van der Waals surface area contributed by atoms with Gasteiger partial charge in [-0.1, -0.05) is 0 Å². The second kappa shape index (κ2) is 5.86. The third-order valence-electron chi connectivity index (χ3n) is 5.54. The normalized spacial score (nSPS) is 27.6. The number of non-ortho nitro benzene ring substituents is 1. The number of hydrogen-bond donors (Lipinski definition) is 0. The fraction of sp³-hybridized carbons (Fsp3) is 0.556. The van der Waals surface area contributed by atoms with Gasteiger partial charge in [0.2, 0.25) is 0 Å². The number of likely N-dealkylation sites (N-methyl/N-ethyl adjacent to an activating group) is 1. The number of hydrogen-bond acceptors (Lipinski definition) is 5. The molecular formula is C18H23N3O3. The smallest absolute Gasteiger partial charge is 0.270 e. The molecule has 0 radical (unpaired) electrons. The van der Waals surface area contributed by atoms with E-state index in [9.17, 15) is 10.1 Å². The van der Waals surface area contributed by atoms with Crippen LogP contribution >= 0.6 is 0 Å². The quantitative estimate of drug-likeness (QED) is 0.617. The maximum Gasteiger partial charge on any atom is 0.270 e. The molecule has 2 fully saturated rings. The molecule has 1 aliphatic carbocycles. The summed E-state index contributed by atoms with van der Waals surface area (Å²) in [4.78, 5) is 15.5. The average Bonchev–Trinajstić information content (AvgIpc) is 2.59. The summed E-state index contributed by atoms with van der Waals surface area (Å²) < 4.78 is 6.55. The van der Waals surface area contributed by atoms with Crippen LogP contribution in [-0.2, 0) is 0 Å². The zero-order valence-corrected chi connectivity index (χ0v) is 14.0. The number of nitro benzene ring substituents is 1. The molecule has 1 saturated carbocycles. The second-order valence-electron chi connectivity index (χ2n) is 7.03. The van der Waals surface area contributed by atoms with Crippen molar-refractivity contribution in [2.24, 2.45) is 0 Å². The van der Waals surface area contributed by atoms with Crippen molar-refractivity contribution in [1.82, 2.24) is 9.80 Å². The first-order valence-electron chi connectivity index (χ1n) is 8.71. The molecule has 0 bridgehead atoms. The largest absolute Gasteiger partial charge is 0.468 e. The third kappa shape index (κ3) is 2.50. The van der Waals surface area contributed by atoms with Gasteiger partial charge in [0.05, 0.1) is 4.92 Å². The van der Waals surface area contributed by atoms with E-state index in [2.05, 4.69) is 22.9 Å². The highest BCUT2D eigenvalue weighted by Gasteiger charge is 2.46. The van der Waals surface area contributed by atoms with Gasteiger partial charge in [0.25, 0.3) is 5.69 Å². The predicted molar refractivity (Wildman–Crippen MR) is 92.0 cm³/mol. The SMILES string of the molecule is CN1CCN([C@@]23CCCCC2=Cc2cc([N+](=O)[O-])ccc2O3)CC1. The summed E-state index contributed by atoms with van der Waals surface area (Å²) in [5, 5.41) is 11.0. The Morgan fingerprint density at radius 2 is 2.00 bits per heavy atom. The van der Waals surface area contributed by atoms with Crippen LogP contribution in [0.4, 0.5) is 5.69 Å². The molecule has 3 aliphatic rings. The van der Waals surface area contributed by atoms with Crippen molar-refractivity contribution in [3.05, 3.63) is 39.4 Å². The first kappa shape index (κ1) is 15.6. The maximum absolute atomic E-state index is 11.0. The second-order valence-corrected chi connectivity index (χ2v) is 7.03. The number of rotatable bonds is 2. The van der Waals surface area contributed by atoms with Gasteiger partial charge in [-0.05, 0) is 44.0 Å². The minimum atomic E-state index is -0.345. The number of nitro groups is 1. The molecule has 24 heavy (non-hydrogen) atoms. The van der Waals surface area contributed by atoms with Crippen molar-refractivity contribution < 1.29 is 9.66 Å². The zero-order chi connectivity index (χ0) is 16.7. The number of fused-ring (bicyclic) bond motifs is 2. The van der Waals surface area contributed by atoms with Gasteiger partial charge in [0, 0.05) is 50.3 Å². The van der Waals surface area contributed by atoms with E-state index in [4.69, 9.17) is 4.74 Å². The minimum absolute atomic E-state index is 0.122. The summed E-state index contributed by atoms with van der Waals surface area (Å²) in [6.07, 6.45) is 6.47. The fourth-order valence-corrected chi connectivity index (χ4v) is 4.16. The van der Waals surface area contributed by atoms with Crippen molar-refractivity contribution in [2.75, 3.05) is 33.2 Å². The molecule has 0 amide bonds. The molecule has 4 rings (SSSR count). The summed E-state index contributed by atoms with van der Waals surface area (Å²) in [7, 11) is 2.16. The molecule has 1 saturated heterocycles. The Bertz CT molecular complexity index is 695. The van der Waals surface area contributed by atoms with Gasteiger partial charge in [-0.25, -0.2) is 0 Å². The van der Waals surface area contributed by atoms with Crippen molar-refractivity contribution in [1.29, 1.82) is 0 Å². The molecule has 2 heterocycles. The Morgan fingerprint density at radius 1 is 1.21 bits per heavy atom. The van der Waals surface area contributed by atoms with Crippen LogP contribution < -0.4 is 4.74 Å². The first-order chi connectivity index (χ1) is 11.6. The molecule has 0 aromatic heterocycles. The summed E-state index contributed by atoms with van der Waals surface area (Å²) in [6.45, 7) is 4.09. The molecule has 1 atom stereocenters. The average molecular weight is 329 g/mol. The van der Waals surface area contributed by atoms with Crippen LogP contribution in [0.2, 0.25) is 0 Å². The van der Waals surface area contributed by atoms with E-state index in [1.165, 1.54) is 11.6 Å². The molecule has 6 heteroatoms. The lowest BCUT2D eigenvalue weighted by molar-refractivity contribution is -0.384. The Kier molecular flexibility index (Phi) is 3.81. The number of benzene rings is 1. The highest BCUT2D eigenvalue weighted by Crippen LogP contribution is 2.46. The molecule has 1 aromatic rings. The standard InChI is InChI=1S/C18H23N3O3/c1-19-8-10-20(11-9-19)18-7-3-2-4-15(18)12-14-13-16(21(22)23)5-6-17(14)24-18/h5-6,12-13H,2-4,7-11H2,1H3/t18-/m1/s1. The van der Waals surface area contributed by atoms with Crippen LogP contribution in [-0.4, -0.2) is 53.7 Å². The van der Waals surface area contributed by atoms with Gasteiger partial charge in [-0.2, -0.15) is 0 Å². The highest BCUT2D eigenvalue weighted by atomic mass is 16.6. The maximum atomic E-state index is 11.0. The van der Waals surface area contributed by atoms with Gasteiger partial charge < -0.3 is 9.64 Å². The molecule has 1 aromatic carbocycles. The summed E-state index contributed by atoms with van der Waals surface area (Å²) in [6, 6.07) is 4.93. The number of ether oxygens (including phenoxy) is 1. The van der Waals surface area contributed by atoms with E-state index in [-0.39, 0.29) is 16.3 Å². The molecule has 2 aliphatic heterocycles. The van der Waals surface area contributed by atoms with Gasteiger partial charge >= 0.3 is 0 Å². The predicted octanol–water partition coefficient (Wildman–Crippen LogP) is 2.89. The van der Waals surface area contributed by atoms with E-state index in [1.54, 1.807) is 12.1 Å². The van der Waals surface area contributed by atoms with E-state index in [0.717, 1.165) is 63.2 Å². The molecule has 0 N–H and O–H groups in total. The molecule has 128 valence electrons. The van der Waals surface area contributed by atoms with Crippen molar-refractivity contribution >= 4 is 11.8 Å². The zero-order valence-electron chi connectivity index (χ0n) is 14.0. The Hall–Kier alpha value is -1.92. The lowest BCUT2D eigenvalue weighted by Gasteiger charge is -2.51. The van der Waals surface area contributed by atoms with Gasteiger partial charge in [-0.3, -0.25) is 15.0 Å². The molecule has 6 nitrogen and oxygen atoms in total. The van der Waals surface area contributed by atoms with E-state index in [0.29, 0.717) is 0 Å². The van der Waals surface area contributed by atoms with Crippen LogP contribution in [0, 0.1) is 10.1 Å². The van der Waals surface area contributed by atoms with E-state index < -0.39 is 0 Å². The summed E-state index contributed by atoms with van der Waals surface area (Å²) in [5.41, 5.74) is 1.90. The first-order valence-corrected chi connectivity index (χ1v) is 8.71. The van der Waals surface area contributed by atoms with E-state index in [1.807, 2.05) is 0 Å². The van der Waals surface area contributed by atoms with Crippen LogP contribution in [0.3, 0.4) is 0 Å². The van der Waals surface area contributed by atoms with Gasteiger partial charge in [0.1, 0.15) is 5.75 Å². The minimum Gasteiger partial charge on any atom is -0.468 e. The Labute approximate surface area is 141 Å². The molecule has 0 unspecified atom stereocenters. The summed E-state index contributed by atoms with van der Waals surface area (Å²) in [5.74, 6) is 0.769. The van der Waals surface area contributed by atoms with Gasteiger partial charge in [0.15, 0.2) is 5.72 Å². The number of piperazine rings is 1. The van der Waals surface area contributed by atoms with Crippen molar-refractivity contribution in [3.8, 4) is 5.75 Å². The van der Waals surface area contributed by atoms with Crippen LogP contribution in [0.15, 0.2) is 23.8 Å². The Balaban J connectivity index is 1.72. The fourth-order valence-electron chi connectivity index (χ4n) is 4.16. The van der Waals surface area contributed by atoms with Crippen molar-refractivity contribution in [2.45, 2.75) is 31.4 Å². The molecular weight excluding hydrogens is 306 g/mol. The van der Waals surface area contributed by atoms with Crippen molar-refractivity contribution in [3.63, 3.8) is 0 Å². The lowest BCUT2D eigenvalue weighted by Crippen LogP contribution is -2.61. The van der Waals surface area contributed by atoms with Gasteiger partial charge in [-0.15, -0.1) is 0 Å². The lowest BCUT2D eigenvalue weighted by atomic mass is 9.82. The third-order valence-corrected chi connectivity index (χ3v) is 5.54. The summed E-state index contributed by atoms with van der Waals surface area (Å²) >= 11 is 0. The van der Waals surface area contributed by atoms with Crippen LogP contribution in [0.1, 0.15) is 31.2 Å². The van der Waals surface area contributed by atoms with Crippen LogP contribution in [0.25, 0.3) is 6.08 Å². The molecule has 0 spiro atoms. The topological polar surface area (TPSA) is 58.9 Å². The highest BCUT2D eigenvalue weighted by molar-refractivity contribution is 5.67. The van der Waals surface area contributed by atoms with E-state index >= 15 is 0 Å².